The second-order valence-electron chi connectivity index (χ2n) is 7.23. The summed E-state index contributed by atoms with van der Waals surface area (Å²) in [6.45, 7) is 2.73. The number of rotatable bonds is 5. The van der Waals surface area contributed by atoms with E-state index in [4.69, 9.17) is 5.10 Å². The average molecular weight is 359 g/mol. The van der Waals surface area contributed by atoms with Crippen LogP contribution >= 0.6 is 0 Å². The molecule has 1 aliphatic carbocycles. The summed E-state index contributed by atoms with van der Waals surface area (Å²) in [6.07, 6.45) is 4.22. The molecule has 1 atom stereocenters. The molecule has 0 unspecified atom stereocenters. The van der Waals surface area contributed by atoms with Gasteiger partial charge in [0.25, 0.3) is 5.91 Å². The molecule has 138 valence electrons. The van der Waals surface area contributed by atoms with Gasteiger partial charge in [0.05, 0.1) is 12.6 Å². The molecule has 2 aromatic carbocycles. The van der Waals surface area contributed by atoms with Gasteiger partial charge in [-0.2, -0.15) is 5.10 Å². The van der Waals surface area contributed by atoms with Crippen LogP contribution in [0.4, 0.5) is 0 Å². The largest absolute Gasteiger partial charge is 0.344 e. The monoisotopic (exact) mass is 359 g/mol. The molecule has 0 spiro atoms. The van der Waals surface area contributed by atoms with Crippen LogP contribution in [0.1, 0.15) is 58.7 Å². The standard InChI is InChI=1S/C23H25N3O/c1-17(19-12-6-3-7-13-19)24-23(27)22-20-14-8-9-15-21(20)26(25-22)16-18-10-4-2-5-11-18/h2-7,10-13,17H,8-9,14-16H2,1H3,(H,24,27)/t17-/m0/s1. The van der Waals surface area contributed by atoms with Crippen molar-refractivity contribution in [1.29, 1.82) is 0 Å². The van der Waals surface area contributed by atoms with E-state index in [-0.39, 0.29) is 11.9 Å². The highest BCUT2D eigenvalue weighted by molar-refractivity contribution is 5.94. The summed E-state index contributed by atoms with van der Waals surface area (Å²) in [6, 6.07) is 20.3. The van der Waals surface area contributed by atoms with Crippen molar-refractivity contribution in [2.45, 2.75) is 45.2 Å². The Morgan fingerprint density at radius 1 is 1.04 bits per heavy atom. The number of benzene rings is 2. The van der Waals surface area contributed by atoms with Crippen molar-refractivity contribution >= 4 is 5.91 Å². The van der Waals surface area contributed by atoms with Gasteiger partial charge in [-0.25, -0.2) is 0 Å². The van der Waals surface area contributed by atoms with Crippen molar-refractivity contribution in [2.75, 3.05) is 0 Å². The van der Waals surface area contributed by atoms with Crippen LogP contribution in [0.2, 0.25) is 0 Å². The van der Waals surface area contributed by atoms with Crippen molar-refractivity contribution in [3.05, 3.63) is 88.7 Å². The minimum Gasteiger partial charge on any atom is -0.344 e. The van der Waals surface area contributed by atoms with Crippen LogP contribution in [0.3, 0.4) is 0 Å². The Labute approximate surface area is 160 Å². The first-order valence-corrected chi connectivity index (χ1v) is 9.70. The summed E-state index contributed by atoms with van der Waals surface area (Å²) < 4.78 is 2.03. The molecular formula is C23H25N3O. The maximum atomic E-state index is 13.0. The van der Waals surface area contributed by atoms with E-state index in [1.165, 1.54) is 11.3 Å². The summed E-state index contributed by atoms with van der Waals surface area (Å²) in [5.41, 5.74) is 5.27. The molecular weight excluding hydrogens is 334 g/mol. The summed E-state index contributed by atoms with van der Waals surface area (Å²) >= 11 is 0. The molecule has 1 aliphatic rings. The minimum atomic E-state index is -0.0729. The number of aromatic nitrogens is 2. The van der Waals surface area contributed by atoms with Crippen molar-refractivity contribution in [3.8, 4) is 0 Å². The summed E-state index contributed by atoms with van der Waals surface area (Å²) in [5.74, 6) is -0.0729. The molecule has 1 heterocycles. The fourth-order valence-corrected chi connectivity index (χ4v) is 3.83. The molecule has 0 bridgehead atoms. The first kappa shape index (κ1) is 17.5. The van der Waals surface area contributed by atoms with Crippen molar-refractivity contribution in [3.63, 3.8) is 0 Å². The van der Waals surface area contributed by atoms with E-state index < -0.39 is 0 Å². The van der Waals surface area contributed by atoms with E-state index in [1.807, 2.05) is 60.1 Å². The van der Waals surface area contributed by atoms with Crippen molar-refractivity contribution in [1.82, 2.24) is 15.1 Å². The van der Waals surface area contributed by atoms with Crippen molar-refractivity contribution < 1.29 is 4.79 Å². The highest BCUT2D eigenvalue weighted by Gasteiger charge is 2.25. The van der Waals surface area contributed by atoms with Crippen LogP contribution in [0.5, 0.6) is 0 Å². The lowest BCUT2D eigenvalue weighted by atomic mass is 9.95. The molecule has 0 radical (unpaired) electrons. The lowest BCUT2D eigenvalue weighted by Crippen LogP contribution is -2.28. The third-order valence-corrected chi connectivity index (χ3v) is 5.29. The smallest absolute Gasteiger partial charge is 0.272 e. The molecule has 1 N–H and O–H groups in total. The third-order valence-electron chi connectivity index (χ3n) is 5.29. The van der Waals surface area contributed by atoms with Gasteiger partial charge in [0.15, 0.2) is 5.69 Å². The number of nitrogens with one attached hydrogen (secondary N) is 1. The van der Waals surface area contributed by atoms with Gasteiger partial charge in [0.2, 0.25) is 0 Å². The zero-order valence-electron chi connectivity index (χ0n) is 15.7. The third kappa shape index (κ3) is 3.80. The van der Waals surface area contributed by atoms with Crippen LogP contribution in [-0.2, 0) is 19.4 Å². The zero-order valence-corrected chi connectivity index (χ0v) is 15.7. The molecule has 4 rings (SSSR count). The van der Waals surface area contributed by atoms with Crippen LogP contribution in [0.15, 0.2) is 60.7 Å². The van der Waals surface area contributed by atoms with E-state index in [2.05, 4.69) is 17.4 Å². The molecule has 1 aromatic heterocycles. The molecule has 4 heteroatoms. The molecule has 0 saturated heterocycles. The average Bonchev–Trinajstić information content (AvgIpc) is 3.08. The van der Waals surface area contributed by atoms with E-state index in [0.29, 0.717) is 12.2 Å². The lowest BCUT2D eigenvalue weighted by molar-refractivity contribution is 0.0933. The molecule has 0 aliphatic heterocycles. The number of hydrogen-bond acceptors (Lipinski definition) is 2. The molecule has 1 amide bonds. The fourth-order valence-electron chi connectivity index (χ4n) is 3.83. The second kappa shape index (κ2) is 7.78. The van der Waals surface area contributed by atoms with Crippen LogP contribution in [0, 0.1) is 0 Å². The highest BCUT2D eigenvalue weighted by atomic mass is 16.2. The number of nitrogens with zero attached hydrogens (tertiary/aromatic N) is 2. The molecule has 0 fully saturated rings. The first-order chi connectivity index (χ1) is 13.2. The lowest BCUT2D eigenvalue weighted by Gasteiger charge is -2.16. The summed E-state index contributed by atoms with van der Waals surface area (Å²) in [5, 5.41) is 7.86. The van der Waals surface area contributed by atoms with Gasteiger partial charge in [-0.1, -0.05) is 60.7 Å². The van der Waals surface area contributed by atoms with E-state index in [9.17, 15) is 4.79 Å². The quantitative estimate of drug-likeness (QED) is 0.738. The predicted molar refractivity (Wildman–Crippen MR) is 107 cm³/mol. The minimum absolute atomic E-state index is 0.0442. The Bertz CT molecular complexity index is 916. The number of carbonyl (C=O) groups is 1. The Morgan fingerprint density at radius 3 is 2.44 bits per heavy atom. The van der Waals surface area contributed by atoms with Crippen LogP contribution < -0.4 is 5.32 Å². The van der Waals surface area contributed by atoms with Gasteiger partial charge in [-0.15, -0.1) is 0 Å². The number of fused-ring (bicyclic) bond motifs is 1. The zero-order chi connectivity index (χ0) is 18.6. The van der Waals surface area contributed by atoms with Gasteiger partial charge in [0.1, 0.15) is 0 Å². The molecule has 3 aromatic rings. The normalized spacial score (nSPS) is 14.4. The van der Waals surface area contributed by atoms with Crippen molar-refractivity contribution in [2.24, 2.45) is 0 Å². The second-order valence-corrected chi connectivity index (χ2v) is 7.23. The Morgan fingerprint density at radius 2 is 1.70 bits per heavy atom. The first-order valence-electron chi connectivity index (χ1n) is 9.70. The fraction of sp³-hybridized carbons (Fsp3) is 0.304. The van der Waals surface area contributed by atoms with Gasteiger partial charge in [-0.05, 0) is 43.7 Å². The summed E-state index contributed by atoms with van der Waals surface area (Å²) in [4.78, 5) is 13.0. The topological polar surface area (TPSA) is 46.9 Å². The Kier molecular flexibility index (Phi) is 5.05. The number of carbonyl (C=O) groups excluding carboxylic acids is 1. The van der Waals surface area contributed by atoms with Gasteiger partial charge in [-0.3, -0.25) is 9.48 Å². The number of hydrogen-bond donors (Lipinski definition) is 1. The van der Waals surface area contributed by atoms with Gasteiger partial charge < -0.3 is 5.32 Å². The van der Waals surface area contributed by atoms with E-state index in [0.717, 1.165) is 36.8 Å². The Balaban J connectivity index is 1.59. The summed E-state index contributed by atoms with van der Waals surface area (Å²) in [7, 11) is 0. The van der Waals surface area contributed by atoms with E-state index in [1.54, 1.807) is 0 Å². The molecule has 0 saturated carbocycles. The van der Waals surface area contributed by atoms with Gasteiger partial charge >= 0.3 is 0 Å². The van der Waals surface area contributed by atoms with Gasteiger partial charge in [0, 0.05) is 11.3 Å². The maximum absolute atomic E-state index is 13.0. The SMILES string of the molecule is C[C@H](NC(=O)c1nn(Cc2ccccc2)c2c1CCCC2)c1ccccc1. The predicted octanol–water partition coefficient (Wildman–Crippen LogP) is 4.30. The highest BCUT2D eigenvalue weighted by Crippen LogP contribution is 2.26. The maximum Gasteiger partial charge on any atom is 0.272 e. The molecule has 4 nitrogen and oxygen atoms in total. The molecule has 27 heavy (non-hydrogen) atoms. The Hall–Kier alpha value is -2.88. The van der Waals surface area contributed by atoms with Crippen LogP contribution in [-0.4, -0.2) is 15.7 Å². The number of amides is 1. The van der Waals surface area contributed by atoms with E-state index >= 15 is 0 Å². The van der Waals surface area contributed by atoms with Crippen LogP contribution in [0.25, 0.3) is 0 Å².